The molecule has 2 atom stereocenters. The van der Waals surface area contributed by atoms with Gasteiger partial charge >= 0.3 is 11.9 Å². The monoisotopic (exact) mass is 230 g/mol. The van der Waals surface area contributed by atoms with Gasteiger partial charge in [0, 0.05) is 6.08 Å². The number of hydrogen-bond donors (Lipinski definition) is 1. The normalized spacial score (nSPS) is 15.0. The molecule has 5 heteroatoms. The number of nitrogens with zero attached hydrogens (tertiary/aromatic N) is 1. The molecule has 0 aliphatic rings. The van der Waals surface area contributed by atoms with Crippen LogP contribution in [0.4, 0.5) is 0 Å². The second-order valence-corrected chi connectivity index (χ2v) is 4.78. The Morgan fingerprint density at radius 2 is 1.94 bits per heavy atom. The summed E-state index contributed by atoms with van der Waals surface area (Å²) >= 11 is 0. The molecule has 0 spiro atoms. The predicted molar refractivity (Wildman–Crippen MR) is 59.8 cm³/mol. The van der Waals surface area contributed by atoms with E-state index in [0.717, 1.165) is 6.08 Å². The number of carbonyl (C=O) groups excluding carboxylic acids is 1. The maximum absolute atomic E-state index is 11.1. The van der Waals surface area contributed by atoms with Gasteiger partial charge in [-0.1, -0.05) is 6.58 Å². The molecule has 0 aromatic heterocycles. The average molecular weight is 230 g/mol. The number of esters is 1. The molecule has 0 aliphatic heterocycles. The van der Waals surface area contributed by atoms with Crippen molar-refractivity contribution in [2.45, 2.75) is 13.0 Å². The summed E-state index contributed by atoms with van der Waals surface area (Å²) in [6, 6.07) is 0. The van der Waals surface area contributed by atoms with Crippen LogP contribution in [0.5, 0.6) is 0 Å². The highest BCUT2D eigenvalue weighted by molar-refractivity contribution is 5.81. The third-order valence-electron chi connectivity index (χ3n) is 2.11. The number of hydrogen-bond acceptors (Lipinski definition) is 3. The van der Waals surface area contributed by atoms with Gasteiger partial charge in [-0.2, -0.15) is 0 Å². The number of aliphatic carboxylic acids is 1. The van der Waals surface area contributed by atoms with Gasteiger partial charge in [-0.15, -0.1) is 0 Å². The quantitative estimate of drug-likeness (QED) is 0.410. The minimum atomic E-state index is -0.977. The van der Waals surface area contributed by atoms with E-state index in [9.17, 15) is 9.59 Å². The van der Waals surface area contributed by atoms with Gasteiger partial charge in [0.15, 0.2) is 6.10 Å². The van der Waals surface area contributed by atoms with Gasteiger partial charge in [-0.05, 0) is 6.92 Å². The summed E-state index contributed by atoms with van der Waals surface area (Å²) in [5.41, 5.74) is 0. The van der Waals surface area contributed by atoms with Crippen molar-refractivity contribution >= 4 is 11.9 Å². The fraction of sp³-hybridized carbons (Fsp3) is 0.636. The van der Waals surface area contributed by atoms with Crippen molar-refractivity contribution in [1.82, 2.24) is 0 Å². The van der Waals surface area contributed by atoms with Crippen LogP contribution >= 0.6 is 0 Å². The topological polar surface area (TPSA) is 63.6 Å². The molecule has 0 heterocycles. The van der Waals surface area contributed by atoms with Crippen LogP contribution < -0.4 is 0 Å². The first kappa shape index (κ1) is 14.6. The highest BCUT2D eigenvalue weighted by atomic mass is 16.5. The molecule has 0 aromatic carbocycles. The summed E-state index contributed by atoms with van der Waals surface area (Å²) in [4.78, 5) is 22.0. The fourth-order valence-electron chi connectivity index (χ4n) is 1.19. The van der Waals surface area contributed by atoms with Crippen molar-refractivity contribution in [2.75, 3.05) is 27.7 Å². The van der Waals surface area contributed by atoms with E-state index in [0.29, 0.717) is 11.0 Å². The molecule has 0 amide bonds. The Bertz CT molecular complexity index is 280. The number of carboxylic acids is 1. The molecule has 0 aliphatic carbocycles. The van der Waals surface area contributed by atoms with E-state index in [4.69, 9.17) is 9.84 Å². The van der Waals surface area contributed by atoms with Crippen LogP contribution in [0.25, 0.3) is 0 Å². The lowest BCUT2D eigenvalue weighted by atomic mass is 10.0. The van der Waals surface area contributed by atoms with Crippen LogP contribution in [0.1, 0.15) is 6.92 Å². The van der Waals surface area contributed by atoms with Crippen molar-refractivity contribution in [3.8, 4) is 0 Å². The van der Waals surface area contributed by atoms with Gasteiger partial charge in [0.25, 0.3) is 0 Å². The summed E-state index contributed by atoms with van der Waals surface area (Å²) in [5, 5.41) is 8.91. The number of likely N-dealkylation sites (N-methyl/N-ethyl adjacent to an activating group) is 1. The Balaban J connectivity index is 4.69. The molecule has 0 bridgehead atoms. The standard InChI is InChI=1S/C11H19NO4/c1-6-10(13)16-9(7-12(3,4)5)8(2)11(14)15/h6,8-9H,1,7H2,2-5H3/p+1. The minimum Gasteiger partial charge on any atom is -0.481 e. The van der Waals surface area contributed by atoms with Gasteiger partial charge in [0.05, 0.1) is 27.1 Å². The summed E-state index contributed by atoms with van der Waals surface area (Å²) in [7, 11) is 5.72. The van der Waals surface area contributed by atoms with Crippen LogP contribution in [0.2, 0.25) is 0 Å². The molecule has 0 saturated heterocycles. The number of rotatable bonds is 6. The summed E-state index contributed by atoms with van der Waals surface area (Å²) in [5.74, 6) is -2.30. The van der Waals surface area contributed by atoms with Gasteiger partial charge < -0.3 is 14.3 Å². The largest absolute Gasteiger partial charge is 0.481 e. The highest BCUT2D eigenvalue weighted by Crippen LogP contribution is 2.12. The molecule has 1 N–H and O–H groups in total. The Kier molecular flexibility index (Phi) is 5.17. The highest BCUT2D eigenvalue weighted by Gasteiger charge is 2.31. The van der Waals surface area contributed by atoms with Crippen LogP contribution in [-0.2, 0) is 14.3 Å². The van der Waals surface area contributed by atoms with Crippen LogP contribution in [0, 0.1) is 5.92 Å². The molecule has 0 radical (unpaired) electrons. The van der Waals surface area contributed by atoms with Crippen LogP contribution in [-0.4, -0.2) is 55.3 Å². The third-order valence-corrected chi connectivity index (χ3v) is 2.11. The number of carboxylic acid groups (broad SMARTS) is 1. The van der Waals surface area contributed by atoms with Crippen LogP contribution in [0.15, 0.2) is 12.7 Å². The molecule has 92 valence electrons. The van der Waals surface area contributed by atoms with Crippen molar-refractivity contribution < 1.29 is 23.9 Å². The molecule has 16 heavy (non-hydrogen) atoms. The SMILES string of the molecule is C=CC(=O)OC(C[N+](C)(C)C)C(C)C(=O)O. The minimum absolute atomic E-state index is 0.438. The van der Waals surface area contributed by atoms with Crippen molar-refractivity contribution in [2.24, 2.45) is 5.92 Å². The molecule has 0 fully saturated rings. The fourth-order valence-corrected chi connectivity index (χ4v) is 1.19. The Labute approximate surface area is 95.9 Å². The van der Waals surface area contributed by atoms with Gasteiger partial charge in [-0.3, -0.25) is 4.79 Å². The van der Waals surface area contributed by atoms with E-state index in [-0.39, 0.29) is 0 Å². The Morgan fingerprint density at radius 1 is 1.44 bits per heavy atom. The number of carbonyl (C=O) groups is 2. The maximum Gasteiger partial charge on any atom is 0.330 e. The second kappa shape index (κ2) is 5.65. The lowest BCUT2D eigenvalue weighted by molar-refractivity contribution is -0.873. The third kappa shape index (κ3) is 5.50. The maximum atomic E-state index is 11.1. The van der Waals surface area contributed by atoms with Gasteiger partial charge in [-0.25, -0.2) is 4.79 Å². The zero-order valence-electron chi connectivity index (χ0n) is 10.3. The molecular formula is C11H20NO4+. The summed E-state index contributed by atoms with van der Waals surface area (Å²) in [6.45, 7) is 5.25. The average Bonchev–Trinajstić information content (AvgIpc) is 2.13. The lowest BCUT2D eigenvalue weighted by Gasteiger charge is -2.30. The van der Waals surface area contributed by atoms with E-state index in [1.807, 2.05) is 21.1 Å². The molecule has 5 nitrogen and oxygen atoms in total. The first-order chi connectivity index (χ1) is 7.17. The summed E-state index contributed by atoms with van der Waals surface area (Å²) in [6.07, 6.45) is 0.389. The Hall–Kier alpha value is -1.36. The first-order valence-corrected chi connectivity index (χ1v) is 5.03. The zero-order valence-corrected chi connectivity index (χ0v) is 10.3. The van der Waals surface area contributed by atoms with E-state index in [1.54, 1.807) is 0 Å². The molecular weight excluding hydrogens is 210 g/mol. The molecule has 2 unspecified atom stereocenters. The van der Waals surface area contributed by atoms with Gasteiger partial charge in [0.2, 0.25) is 0 Å². The van der Waals surface area contributed by atoms with Gasteiger partial charge in [0.1, 0.15) is 6.54 Å². The Morgan fingerprint density at radius 3 is 2.25 bits per heavy atom. The van der Waals surface area contributed by atoms with Crippen molar-refractivity contribution in [1.29, 1.82) is 0 Å². The second-order valence-electron chi connectivity index (χ2n) is 4.78. The smallest absolute Gasteiger partial charge is 0.330 e. The van der Waals surface area contributed by atoms with E-state index < -0.39 is 24.0 Å². The van der Waals surface area contributed by atoms with Crippen LogP contribution in [0.3, 0.4) is 0 Å². The van der Waals surface area contributed by atoms with E-state index in [1.165, 1.54) is 6.92 Å². The van der Waals surface area contributed by atoms with Crippen molar-refractivity contribution in [3.63, 3.8) is 0 Å². The number of quaternary nitrogens is 1. The van der Waals surface area contributed by atoms with Crippen molar-refractivity contribution in [3.05, 3.63) is 12.7 Å². The lowest BCUT2D eigenvalue weighted by Crippen LogP contribution is -2.46. The summed E-state index contributed by atoms with van der Waals surface area (Å²) < 4.78 is 5.57. The van der Waals surface area contributed by atoms with E-state index >= 15 is 0 Å². The molecule has 0 aromatic rings. The first-order valence-electron chi connectivity index (χ1n) is 5.03. The number of ether oxygens (including phenoxy) is 1. The predicted octanol–water partition coefficient (Wildman–Crippen LogP) is 0.511. The molecule has 0 rings (SSSR count). The van der Waals surface area contributed by atoms with E-state index in [2.05, 4.69) is 6.58 Å². The molecule has 0 saturated carbocycles. The zero-order chi connectivity index (χ0) is 12.9.